The van der Waals surface area contributed by atoms with Crippen LogP contribution in [0.1, 0.15) is 88.5 Å². The second kappa shape index (κ2) is 31.7. The number of fused-ring (bicyclic) bond motifs is 1. The highest BCUT2D eigenvalue weighted by Gasteiger charge is 2.61. The molecular weight excluding hydrogens is 1180 g/mol. The molecule has 18 N–H and O–H groups in total. The van der Waals surface area contributed by atoms with E-state index in [1.807, 2.05) is 13.8 Å². The van der Waals surface area contributed by atoms with Crippen molar-refractivity contribution in [1.82, 2.24) is 56.7 Å². The van der Waals surface area contributed by atoms with E-state index in [2.05, 4.69) is 51.8 Å². The number of hydrogen-bond donors (Lipinski definition) is 14. The predicted octanol–water partition coefficient (Wildman–Crippen LogP) is -1.92. The Balaban J connectivity index is 1.27. The van der Waals surface area contributed by atoms with E-state index in [9.17, 15) is 39.0 Å². The Kier molecular flexibility index (Phi) is 24.0. The molecular formula is C62H82N16O13. The maximum absolute atomic E-state index is 16.5. The number of likely N-dealkylation sites (tertiary alicyclic amines) is 1. The summed E-state index contributed by atoms with van der Waals surface area (Å²) in [5.41, 5.74) is 22.0. The molecule has 0 radical (unpaired) electrons. The Hall–Kier alpha value is -9.61. The van der Waals surface area contributed by atoms with Crippen LogP contribution >= 0.6 is 0 Å². The van der Waals surface area contributed by atoms with E-state index in [0.717, 1.165) is 7.05 Å². The fraction of sp³-hybridized carbons (Fsp3) is 0.468. The number of carbonyl (C=O) groups excluding carboxylic acids is 11. The maximum Gasteiger partial charge on any atom is 0.254 e. The van der Waals surface area contributed by atoms with Crippen LogP contribution in [0.15, 0.2) is 96.0 Å². The van der Waals surface area contributed by atoms with E-state index in [0.29, 0.717) is 27.1 Å². The predicted molar refractivity (Wildman–Crippen MR) is 332 cm³/mol. The average Bonchev–Trinajstić information content (AvgIpc) is 1.04. The van der Waals surface area contributed by atoms with Crippen LogP contribution in [0.4, 0.5) is 0 Å². The van der Waals surface area contributed by atoms with Crippen LogP contribution in [0, 0.1) is 11.3 Å². The summed E-state index contributed by atoms with van der Waals surface area (Å²) in [5, 5.41) is 37.9. The number of phenols is 1. The van der Waals surface area contributed by atoms with E-state index in [1.165, 1.54) is 47.8 Å². The molecule has 4 heterocycles. The summed E-state index contributed by atoms with van der Waals surface area (Å²) >= 11 is 0. The van der Waals surface area contributed by atoms with Crippen LogP contribution in [-0.4, -0.2) is 187 Å². The number of allylic oxidation sites excluding steroid dienone is 3. The van der Waals surface area contributed by atoms with Crippen molar-refractivity contribution in [2.24, 2.45) is 39.3 Å². The minimum Gasteiger partial charge on any atom is -0.508 e. The molecule has 1 unspecified atom stereocenters. The zero-order valence-corrected chi connectivity index (χ0v) is 51.1. The van der Waals surface area contributed by atoms with Crippen LogP contribution in [0.2, 0.25) is 0 Å². The number of aliphatic hydroxyl groups is 1. The fourth-order valence-corrected chi connectivity index (χ4v) is 11.6. The van der Waals surface area contributed by atoms with Gasteiger partial charge < -0.3 is 79.9 Å². The molecule has 2 aromatic heterocycles. The quantitative estimate of drug-likeness (QED) is 0.00859. The first-order valence-electron chi connectivity index (χ1n) is 30.2. The largest absolute Gasteiger partial charge is 0.508 e. The van der Waals surface area contributed by atoms with Crippen LogP contribution in [0.3, 0.4) is 0 Å². The number of H-pyrrole nitrogens is 2. The lowest BCUT2D eigenvalue weighted by Crippen LogP contribution is -2.65. The molecule has 2 fully saturated rings. The minimum atomic E-state index is -3.04. The van der Waals surface area contributed by atoms with Crippen molar-refractivity contribution >= 4 is 81.6 Å². The number of ketones is 2. The number of nitrogens with zero attached hydrogens (tertiary/aromatic N) is 4. The average molecular weight is 1260 g/mol. The number of aliphatic hydroxyl groups excluding tert-OH is 1. The number of aliphatic imine (C=N–C) groups is 1. The van der Waals surface area contributed by atoms with Gasteiger partial charge in [-0.1, -0.05) is 62.4 Å². The second-order valence-electron chi connectivity index (χ2n) is 23.3. The van der Waals surface area contributed by atoms with Crippen molar-refractivity contribution in [3.63, 3.8) is 0 Å². The zero-order chi connectivity index (χ0) is 66.1. The Morgan fingerprint density at radius 2 is 1.52 bits per heavy atom. The number of aromatic hydroxyl groups is 1. The van der Waals surface area contributed by atoms with Crippen LogP contribution < -0.4 is 54.8 Å². The summed E-state index contributed by atoms with van der Waals surface area (Å²) in [6.45, 7) is 1.77. The number of Topliss-reactive ketones (excluding diaryl/α,β-unsaturated/α-hetero) is 2. The van der Waals surface area contributed by atoms with Gasteiger partial charge in [0.15, 0.2) is 22.9 Å². The van der Waals surface area contributed by atoms with Crippen LogP contribution in [0.25, 0.3) is 10.9 Å². The van der Waals surface area contributed by atoms with Gasteiger partial charge in [0.05, 0.1) is 37.6 Å². The molecule has 0 spiro atoms. The summed E-state index contributed by atoms with van der Waals surface area (Å²) < 4.78 is 0. The normalized spacial score (nSPS) is 18.0. The lowest BCUT2D eigenvalue weighted by atomic mass is 9.65. The van der Waals surface area contributed by atoms with Gasteiger partial charge in [0, 0.05) is 68.4 Å². The highest BCUT2D eigenvalue weighted by molar-refractivity contribution is 6.31. The van der Waals surface area contributed by atoms with Crippen molar-refractivity contribution in [1.29, 1.82) is 0 Å². The number of aromatic nitrogens is 3. The lowest BCUT2D eigenvalue weighted by Gasteiger charge is -2.41. The maximum atomic E-state index is 16.5. The standard InChI is InChI=1S/C62H82N16O13/c1-34(2)25-41(64)54(85)72-44(15-9-23-68-61(65)66)59(90)78-24-10-16-49(78)53(84)62(37-11-5-4-6-12-37,60(91)77(3)51(82)29-63)52(83)45(26-35-17-19-39(80)20-18-35)73-58(89)48(32-79)76-56(87)46(27-36-30-69-42-14-8-7-13-40(36)42)74-57(88)47(28-38-31-67-33-70-38)75-55(86)43-21-22-50(81)71-43/h4-5,7-8,12-14,17-20,30-31,33-34,41,43-49,69,79-80H,6,9-11,15-16,21-29,32,63-64H2,1-3H3,(H,67,70)(H,71,81)(H,72,85)(H,73,89)(H,74,88)(H,75,86)(H,76,87)(H4,65,66,68)/t41-,43-,44-,45-,46-,47-,48-,49-,62?/m0/s1. The van der Waals surface area contributed by atoms with Gasteiger partial charge >= 0.3 is 0 Å². The molecule has 3 aliphatic rings. The molecule has 29 heteroatoms. The van der Waals surface area contributed by atoms with Gasteiger partial charge in [0.25, 0.3) is 5.91 Å². The summed E-state index contributed by atoms with van der Waals surface area (Å²) in [6.07, 6.45) is 8.76. The number of carbonyl (C=O) groups is 11. The number of likely N-dealkylation sites (N-methyl/N-ethyl adjacent to an activating group) is 1. The van der Waals surface area contributed by atoms with Gasteiger partial charge in [-0.15, -0.1) is 0 Å². The molecule has 2 aromatic carbocycles. The molecule has 9 atom stereocenters. The number of benzene rings is 2. The number of phenolic OH excluding ortho intramolecular Hbond substituents is 1. The van der Waals surface area contributed by atoms with Crippen molar-refractivity contribution < 1.29 is 63.0 Å². The number of nitrogens with two attached hydrogens (primary N) is 4. The Labute approximate surface area is 524 Å². The fourth-order valence-electron chi connectivity index (χ4n) is 11.6. The third-order valence-electron chi connectivity index (χ3n) is 16.3. The topological polar surface area (TPSA) is 468 Å². The van der Waals surface area contributed by atoms with E-state index in [4.69, 9.17) is 22.9 Å². The summed E-state index contributed by atoms with van der Waals surface area (Å²) in [4.78, 5) is 177. The first-order chi connectivity index (χ1) is 43.5. The highest BCUT2D eigenvalue weighted by Crippen LogP contribution is 2.42. The number of para-hydroxylation sites is 1. The molecule has 0 bridgehead atoms. The van der Waals surface area contributed by atoms with Gasteiger partial charge in [-0.3, -0.25) is 62.6 Å². The van der Waals surface area contributed by atoms with E-state index >= 15 is 24.0 Å². The third kappa shape index (κ3) is 17.2. The number of imidazole rings is 1. The molecule has 4 aromatic rings. The number of amides is 9. The Bertz CT molecular complexity index is 3410. The Morgan fingerprint density at radius 3 is 2.15 bits per heavy atom. The molecule has 91 heavy (non-hydrogen) atoms. The molecule has 2 saturated heterocycles. The smallest absolute Gasteiger partial charge is 0.254 e. The molecule has 2 aliphatic heterocycles. The van der Waals surface area contributed by atoms with Gasteiger partial charge in [-0.25, -0.2) is 4.98 Å². The number of imide groups is 1. The van der Waals surface area contributed by atoms with Crippen LogP contribution in [0.5, 0.6) is 5.75 Å². The van der Waals surface area contributed by atoms with Gasteiger partial charge in [-0.2, -0.15) is 0 Å². The molecule has 9 amide bonds. The number of guanidine groups is 1. The van der Waals surface area contributed by atoms with Gasteiger partial charge in [0.1, 0.15) is 36.0 Å². The number of hydrogen-bond acceptors (Lipinski definition) is 17. The lowest BCUT2D eigenvalue weighted by molar-refractivity contribution is -0.159. The van der Waals surface area contributed by atoms with Gasteiger partial charge in [0.2, 0.25) is 47.3 Å². The minimum absolute atomic E-state index is 0.00572. The van der Waals surface area contributed by atoms with Crippen LogP contribution in [-0.2, 0) is 72.0 Å². The second-order valence-corrected chi connectivity index (χ2v) is 23.3. The van der Waals surface area contributed by atoms with Gasteiger partial charge in [-0.05, 0) is 98.6 Å². The summed E-state index contributed by atoms with van der Waals surface area (Å²) in [6, 6.07) is 0.690. The number of rotatable bonds is 31. The number of nitrogens with one attached hydrogen (secondary N) is 8. The van der Waals surface area contributed by atoms with E-state index < -0.39 is 132 Å². The van der Waals surface area contributed by atoms with Crippen molar-refractivity contribution in [3.8, 4) is 5.75 Å². The van der Waals surface area contributed by atoms with E-state index in [1.54, 1.807) is 42.6 Å². The monoisotopic (exact) mass is 1260 g/mol. The SMILES string of the molecule is CC(C)C[C@H](N)C(=O)N[C@@H](CCCN=C(N)N)C(=O)N1CCC[C@H]1C(=O)C(C(=O)[C@H](Cc1ccc(O)cc1)NC(=O)[C@H](CO)NC(=O)[C@H](Cc1c[nH]c2ccccc12)NC(=O)[C@H](Cc1cnc[nH]1)NC(=O)[C@@H]1CCC(=O)N1)(C(=O)N(C)C(=O)CN)C1=CCC=CC1. The highest BCUT2D eigenvalue weighted by atomic mass is 16.3. The first-order valence-corrected chi connectivity index (χ1v) is 30.2. The first kappa shape index (κ1) is 68.9. The molecule has 488 valence electrons. The zero-order valence-electron chi connectivity index (χ0n) is 51.1. The molecule has 29 nitrogen and oxygen atoms in total. The molecule has 1 aliphatic carbocycles. The van der Waals surface area contributed by atoms with Crippen molar-refractivity contribution in [2.75, 3.05) is 33.3 Å². The van der Waals surface area contributed by atoms with Crippen molar-refractivity contribution in [2.45, 2.75) is 139 Å². The van der Waals surface area contributed by atoms with Crippen molar-refractivity contribution in [3.05, 3.63) is 108 Å². The van der Waals surface area contributed by atoms with E-state index in [-0.39, 0.29) is 118 Å². The Morgan fingerprint density at radius 1 is 0.835 bits per heavy atom. The third-order valence-corrected chi connectivity index (χ3v) is 16.3. The summed E-state index contributed by atoms with van der Waals surface area (Å²) in [7, 11) is 1.03. The summed E-state index contributed by atoms with van der Waals surface area (Å²) in [5.74, 6) is -10.9. The molecule has 7 rings (SSSR count). The molecule has 0 saturated carbocycles. The number of aromatic amines is 2.